The molecule has 0 aliphatic rings. The molecule has 0 rings (SSSR count). The first-order valence-electron chi connectivity index (χ1n) is 10.2. The molecule has 7 nitrogen and oxygen atoms in total. The van der Waals surface area contributed by atoms with Gasteiger partial charge in [0.15, 0.2) is 0 Å². The molecular formula is C21H40N2O5S. The van der Waals surface area contributed by atoms with Crippen LogP contribution in [-0.2, 0) is 19.5 Å². The van der Waals surface area contributed by atoms with E-state index in [9.17, 15) is 13.2 Å². The number of hydrogen-bond donors (Lipinski definition) is 1. The second-order valence-electron chi connectivity index (χ2n) is 8.35. The zero-order valence-corrected chi connectivity index (χ0v) is 20.1. The molecule has 0 spiro atoms. The molecule has 1 atom stereocenters. The fraction of sp³-hybridized carbons (Fsp3) is 0.762. The third kappa shape index (κ3) is 12.0. The molecule has 0 saturated heterocycles. The number of carbonyl (C=O) groups is 1. The summed E-state index contributed by atoms with van der Waals surface area (Å²) in [5.41, 5.74) is -0.567. The number of alkyl carbamates (subject to hydrolysis) is 1. The molecule has 0 heterocycles. The molecule has 0 radical (unpaired) electrons. The Kier molecular flexibility index (Phi) is 12.4. The van der Waals surface area contributed by atoms with Gasteiger partial charge in [0, 0.05) is 26.7 Å². The lowest BCUT2D eigenvalue weighted by Crippen LogP contribution is -2.38. The third-order valence-electron chi connectivity index (χ3n) is 3.77. The van der Waals surface area contributed by atoms with Crippen LogP contribution in [0.2, 0.25) is 0 Å². The lowest BCUT2D eigenvalue weighted by molar-refractivity contribution is 0.0526. The van der Waals surface area contributed by atoms with E-state index < -0.39 is 21.7 Å². The molecule has 0 aliphatic carbocycles. The summed E-state index contributed by atoms with van der Waals surface area (Å²) in [5.74, 6) is 0.174. The Hall–Kier alpha value is -1.38. The number of sulfonamides is 1. The van der Waals surface area contributed by atoms with Crippen LogP contribution in [0.4, 0.5) is 4.79 Å². The summed E-state index contributed by atoms with van der Waals surface area (Å²) in [6, 6.07) is 0. The smallest absolute Gasteiger partial charge is 0.407 e. The SMILES string of the molecule is CC/C=C(\C=C/C(C)OC)S(=O)(=O)N(CCCNC(=O)OC(C)(C)C)CC(C)C. The van der Waals surface area contributed by atoms with Gasteiger partial charge in [-0.1, -0.05) is 32.9 Å². The highest BCUT2D eigenvalue weighted by Crippen LogP contribution is 2.18. The minimum absolute atomic E-state index is 0.174. The van der Waals surface area contributed by atoms with Crippen LogP contribution < -0.4 is 5.32 Å². The predicted octanol–water partition coefficient (Wildman–Crippen LogP) is 4.07. The first-order chi connectivity index (χ1) is 13.3. The Morgan fingerprint density at radius 2 is 1.83 bits per heavy atom. The molecule has 0 aromatic heterocycles. The summed E-state index contributed by atoms with van der Waals surface area (Å²) in [4.78, 5) is 12.0. The minimum atomic E-state index is -3.65. The van der Waals surface area contributed by atoms with E-state index in [-0.39, 0.29) is 16.9 Å². The number of carbonyl (C=O) groups excluding carboxylic acids is 1. The van der Waals surface area contributed by atoms with Crippen LogP contribution in [0, 0.1) is 5.92 Å². The molecule has 29 heavy (non-hydrogen) atoms. The number of amides is 1. The van der Waals surface area contributed by atoms with E-state index >= 15 is 0 Å². The van der Waals surface area contributed by atoms with Crippen LogP contribution in [0.15, 0.2) is 23.1 Å². The molecule has 8 heteroatoms. The van der Waals surface area contributed by atoms with Crippen molar-refractivity contribution in [2.75, 3.05) is 26.7 Å². The van der Waals surface area contributed by atoms with Crippen LogP contribution in [0.1, 0.15) is 61.3 Å². The first kappa shape index (κ1) is 27.6. The second kappa shape index (κ2) is 13.0. The summed E-state index contributed by atoms with van der Waals surface area (Å²) in [7, 11) is -2.07. The van der Waals surface area contributed by atoms with E-state index in [2.05, 4.69) is 5.32 Å². The highest BCUT2D eigenvalue weighted by atomic mass is 32.2. The van der Waals surface area contributed by atoms with Gasteiger partial charge in [-0.15, -0.1) is 0 Å². The number of rotatable bonds is 12. The van der Waals surface area contributed by atoms with E-state index in [4.69, 9.17) is 9.47 Å². The number of hydrogen-bond acceptors (Lipinski definition) is 5. The summed E-state index contributed by atoms with van der Waals surface area (Å²) in [5, 5.41) is 2.67. The normalized spacial score (nSPS) is 14.6. The quantitative estimate of drug-likeness (QED) is 0.371. The molecule has 0 aromatic rings. The highest BCUT2D eigenvalue weighted by Gasteiger charge is 2.26. The molecule has 0 bridgehead atoms. The van der Waals surface area contributed by atoms with Crippen LogP contribution in [-0.4, -0.2) is 57.3 Å². The summed E-state index contributed by atoms with van der Waals surface area (Å²) >= 11 is 0. The van der Waals surface area contributed by atoms with Gasteiger partial charge in [-0.3, -0.25) is 0 Å². The molecule has 0 aliphatic heterocycles. The van der Waals surface area contributed by atoms with Gasteiger partial charge in [0.05, 0.1) is 11.0 Å². The summed E-state index contributed by atoms with van der Waals surface area (Å²) in [6.45, 7) is 14.1. The van der Waals surface area contributed by atoms with Gasteiger partial charge in [-0.05, 0) is 52.5 Å². The van der Waals surface area contributed by atoms with Crippen LogP contribution >= 0.6 is 0 Å². The third-order valence-corrected chi connectivity index (χ3v) is 5.68. The second-order valence-corrected chi connectivity index (χ2v) is 10.3. The van der Waals surface area contributed by atoms with Crippen molar-refractivity contribution in [2.24, 2.45) is 5.92 Å². The predicted molar refractivity (Wildman–Crippen MR) is 118 cm³/mol. The highest BCUT2D eigenvalue weighted by molar-refractivity contribution is 7.93. The molecule has 170 valence electrons. The molecule has 1 N–H and O–H groups in total. The molecule has 0 aromatic carbocycles. The summed E-state index contributed by atoms with van der Waals surface area (Å²) in [6.07, 6.45) is 5.47. The molecular weight excluding hydrogens is 392 g/mol. The fourth-order valence-corrected chi connectivity index (χ4v) is 4.19. The van der Waals surface area contributed by atoms with Crippen LogP contribution in [0.5, 0.6) is 0 Å². The average molecular weight is 433 g/mol. The maximum Gasteiger partial charge on any atom is 0.407 e. The topological polar surface area (TPSA) is 84.9 Å². The Morgan fingerprint density at radius 1 is 1.21 bits per heavy atom. The number of nitrogens with one attached hydrogen (secondary N) is 1. The Balaban J connectivity index is 5.19. The van der Waals surface area contributed by atoms with E-state index in [1.165, 1.54) is 4.31 Å². The molecule has 1 unspecified atom stereocenters. The van der Waals surface area contributed by atoms with Gasteiger partial charge in [0.25, 0.3) is 0 Å². The number of ether oxygens (including phenoxy) is 2. The monoisotopic (exact) mass is 432 g/mol. The first-order valence-corrected chi connectivity index (χ1v) is 11.7. The largest absolute Gasteiger partial charge is 0.444 e. The van der Waals surface area contributed by atoms with E-state index in [0.29, 0.717) is 32.5 Å². The van der Waals surface area contributed by atoms with E-state index in [0.717, 1.165) is 0 Å². The lowest BCUT2D eigenvalue weighted by atomic mass is 10.2. The van der Waals surface area contributed by atoms with Gasteiger partial charge in [-0.25, -0.2) is 13.2 Å². The average Bonchev–Trinajstić information content (AvgIpc) is 2.58. The zero-order valence-electron chi connectivity index (χ0n) is 19.3. The maximum absolute atomic E-state index is 13.2. The van der Waals surface area contributed by atoms with Crippen molar-refractivity contribution in [2.45, 2.75) is 73.0 Å². The lowest BCUT2D eigenvalue weighted by Gasteiger charge is -2.25. The Labute approximate surface area is 177 Å². The van der Waals surface area contributed by atoms with Gasteiger partial charge >= 0.3 is 6.09 Å². The van der Waals surface area contributed by atoms with Gasteiger partial charge in [-0.2, -0.15) is 4.31 Å². The summed E-state index contributed by atoms with van der Waals surface area (Å²) < 4.78 is 38.3. The zero-order chi connectivity index (χ0) is 22.7. The Bertz CT molecular complexity index is 648. The van der Waals surface area contributed by atoms with Crippen molar-refractivity contribution >= 4 is 16.1 Å². The van der Waals surface area contributed by atoms with Crippen molar-refractivity contribution in [3.8, 4) is 0 Å². The number of nitrogens with zero attached hydrogens (tertiary/aromatic N) is 1. The van der Waals surface area contributed by atoms with Gasteiger partial charge in [0.1, 0.15) is 5.60 Å². The minimum Gasteiger partial charge on any atom is -0.444 e. The maximum atomic E-state index is 13.2. The van der Waals surface area contributed by atoms with E-state index in [1.54, 1.807) is 46.1 Å². The van der Waals surface area contributed by atoms with Crippen molar-refractivity contribution in [1.29, 1.82) is 0 Å². The van der Waals surface area contributed by atoms with Gasteiger partial charge < -0.3 is 14.8 Å². The van der Waals surface area contributed by atoms with Crippen LogP contribution in [0.3, 0.4) is 0 Å². The number of methoxy groups -OCH3 is 1. The van der Waals surface area contributed by atoms with E-state index in [1.807, 2.05) is 27.7 Å². The Morgan fingerprint density at radius 3 is 2.31 bits per heavy atom. The molecule has 0 saturated carbocycles. The van der Waals surface area contributed by atoms with Crippen molar-refractivity contribution < 1.29 is 22.7 Å². The molecule has 1 amide bonds. The standard InChI is InChI=1S/C21H40N2O5S/c1-9-11-19(13-12-18(4)27-8)29(25,26)23(16-17(2)3)15-10-14-22-20(24)28-21(5,6)7/h11-13,17-18H,9-10,14-16H2,1-8H3,(H,22,24)/b13-12-,19-11+. The number of allylic oxidation sites excluding steroid dienone is 2. The van der Waals surface area contributed by atoms with Crippen molar-refractivity contribution in [1.82, 2.24) is 9.62 Å². The van der Waals surface area contributed by atoms with Crippen LogP contribution in [0.25, 0.3) is 0 Å². The van der Waals surface area contributed by atoms with Crippen molar-refractivity contribution in [3.63, 3.8) is 0 Å². The molecule has 0 fully saturated rings. The van der Waals surface area contributed by atoms with Crippen molar-refractivity contribution in [3.05, 3.63) is 23.1 Å². The van der Waals surface area contributed by atoms with Gasteiger partial charge in [0.2, 0.25) is 10.0 Å². The fourth-order valence-electron chi connectivity index (χ4n) is 2.40.